The van der Waals surface area contributed by atoms with E-state index in [4.69, 9.17) is 0 Å². The van der Waals surface area contributed by atoms with Crippen molar-refractivity contribution in [1.82, 2.24) is 0 Å². The van der Waals surface area contributed by atoms with E-state index in [1.807, 2.05) is 0 Å². The highest BCUT2D eigenvalue weighted by atomic mass is 14.9. The molecule has 0 radical (unpaired) electrons. The SMILES string of the molecule is CC1(C)c2ccccc2-c2ccc(Nc3ccc(C4CCCCCCCCCCC4)cc3)cc21. The zero-order chi connectivity index (χ0) is 23.4. The molecule has 0 bridgehead atoms. The van der Waals surface area contributed by atoms with Crippen LogP contribution in [0.3, 0.4) is 0 Å². The lowest BCUT2D eigenvalue weighted by molar-refractivity contribution is 0.467. The van der Waals surface area contributed by atoms with Crippen molar-refractivity contribution in [3.8, 4) is 11.1 Å². The summed E-state index contributed by atoms with van der Waals surface area (Å²) in [6.07, 6.45) is 15.5. The Hall–Kier alpha value is -2.54. The molecule has 1 heteroatoms. The second-order valence-electron chi connectivity index (χ2n) is 11.1. The van der Waals surface area contributed by atoms with Crippen molar-refractivity contribution in [3.05, 3.63) is 83.4 Å². The molecular weight excluding hydrogens is 410 g/mol. The molecule has 1 saturated carbocycles. The van der Waals surface area contributed by atoms with Gasteiger partial charge in [-0.05, 0) is 70.8 Å². The first kappa shape index (κ1) is 23.2. The van der Waals surface area contributed by atoms with E-state index in [-0.39, 0.29) is 5.41 Å². The molecule has 0 unspecified atom stereocenters. The molecule has 5 rings (SSSR count). The van der Waals surface area contributed by atoms with E-state index in [9.17, 15) is 0 Å². The lowest BCUT2D eigenvalue weighted by atomic mass is 9.82. The van der Waals surface area contributed by atoms with Crippen LogP contribution in [-0.4, -0.2) is 0 Å². The summed E-state index contributed by atoms with van der Waals surface area (Å²) >= 11 is 0. The minimum Gasteiger partial charge on any atom is -0.356 e. The van der Waals surface area contributed by atoms with Crippen LogP contribution in [0.1, 0.15) is 107 Å². The van der Waals surface area contributed by atoms with Gasteiger partial charge in [0.1, 0.15) is 0 Å². The van der Waals surface area contributed by atoms with Gasteiger partial charge in [-0.25, -0.2) is 0 Å². The molecule has 34 heavy (non-hydrogen) atoms. The summed E-state index contributed by atoms with van der Waals surface area (Å²) in [6, 6.07) is 25.1. The number of fused-ring (bicyclic) bond motifs is 3. The van der Waals surface area contributed by atoms with Gasteiger partial charge in [-0.15, -0.1) is 0 Å². The highest BCUT2D eigenvalue weighted by Crippen LogP contribution is 2.49. The fraction of sp³-hybridized carbons (Fsp3) is 0.455. The van der Waals surface area contributed by atoms with Crippen LogP contribution in [0.2, 0.25) is 0 Å². The van der Waals surface area contributed by atoms with Gasteiger partial charge in [0, 0.05) is 16.8 Å². The highest BCUT2D eigenvalue weighted by Gasteiger charge is 2.35. The van der Waals surface area contributed by atoms with E-state index in [0.29, 0.717) is 0 Å². The molecule has 2 aliphatic carbocycles. The molecule has 1 fully saturated rings. The van der Waals surface area contributed by atoms with Gasteiger partial charge in [-0.1, -0.05) is 114 Å². The van der Waals surface area contributed by atoms with Gasteiger partial charge in [0.25, 0.3) is 0 Å². The minimum atomic E-state index is 0.0428. The Morgan fingerprint density at radius 1 is 0.588 bits per heavy atom. The van der Waals surface area contributed by atoms with E-state index in [2.05, 4.69) is 85.9 Å². The molecular formula is C33H41N. The summed E-state index contributed by atoms with van der Waals surface area (Å²) in [4.78, 5) is 0. The summed E-state index contributed by atoms with van der Waals surface area (Å²) in [5, 5.41) is 3.68. The van der Waals surface area contributed by atoms with Crippen LogP contribution >= 0.6 is 0 Å². The third kappa shape index (κ3) is 4.95. The number of hydrogen-bond acceptors (Lipinski definition) is 1. The van der Waals surface area contributed by atoms with Crippen molar-refractivity contribution in [2.75, 3.05) is 5.32 Å². The highest BCUT2D eigenvalue weighted by molar-refractivity contribution is 5.82. The normalized spacial score (nSPS) is 18.9. The second-order valence-corrected chi connectivity index (χ2v) is 11.1. The summed E-state index contributed by atoms with van der Waals surface area (Å²) in [5.41, 5.74) is 9.56. The van der Waals surface area contributed by atoms with Gasteiger partial charge in [-0.3, -0.25) is 0 Å². The van der Waals surface area contributed by atoms with Crippen molar-refractivity contribution in [2.45, 2.75) is 95.8 Å². The summed E-state index contributed by atoms with van der Waals surface area (Å²) in [7, 11) is 0. The first-order valence-electron chi connectivity index (χ1n) is 13.7. The predicted molar refractivity (Wildman–Crippen MR) is 147 cm³/mol. The first-order valence-corrected chi connectivity index (χ1v) is 13.7. The van der Waals surface area contributed by atoms with Crippen molar-refractivity contribution >= 4 is 11.4 Å². The van der Waals surface area contributed by atoms with Crippen molar-refractivity contribution in [2.24, 2.45) is 0 Å². The Balaban J connectivity index is 1.28. The Morgan fingerprint density at radius 2 is 1.15 bits per heavy atom. The van der Waals surface area contributed by atoms with E-state index in [1.54, 1.807) is 0 Å². The van der Waals surface area contributed by atoms with Gasteiger partial charge in [-0.2, -0.15) is 0 Å². The molecule has 3 aromatic carbocycles. The zero-order valence-corrected chi connectivity index (χ0v) is 21.2. The summed E-state index contributed by atoms with van der Waals surface area (Å²) < 4.78 is 0. The average molecular weight is 452 g/mol. The van der Waals surface area contributed by atoms with Crippen LogP contribution in [-0.2, 0) is 5.41 Å². The van der Waals surface area contributed by atoms with Crippen molar-refractivity contribution in [1.29, 1.82) is 0 Å². The molecule has 3 aromatic rings. The average Bonchev–Trinajstić information content (AvgIpc) is 3.07. The maximum atomic E-state index is 3.68. The second kappa shape index (κ2) is 10.4. The first-order chi connectivity index (χ1) is 16.6. The maximum absolute atomic E-state index is 3.68. The predicted octanol–water partition coefficient (Wildman–Crippen LogP) is 10.1. The van der Waals surface area contributed by atoms with E-state index >= 15 is 0 Å². The standard InChI is InChI=1S/C33H41N/c1-33(2)31-17-13-12-16-29(31)30-23-22-28(24-32(30)33)34-27-20-18-26(19-21-27)25-14-10-8-6-4-3-5-7-9-11-15-25/h12-13,16-25,34H,3-11,14-15H2,1-2H3. The van der Waals surface area contributed by atoms with E-state index < -0.39 is 0 Å². The molecule has 1 nitrogen and oxygen atoms in total. The molecule has 0 saturated heterocycles. The molecule has 178 valence electrons. The third-order valence-corrected chi connectivity index (χ3v) is 8.36. The monoisotopic (exact) mass is 451 g/mol. The number of benzene rings is 3. The fourth-order valence-electron chi connectivity index (χ4n) is 6.28. The van der Waals surface area contributed by atoms with Gasteiger partial charge in [0.15, 0.2) is 0 Å². The van der Waals surface area contributed by atoms with Crippen molar-refractivity contribution in [3.63, 3.8) is 0 Å². The molecule has 0 aromatic heterocycles. The Morgan fingerprint density at radius 3 is 1.82 bits per heavy atom. The van der Waals surface area contributed by atoms with Gasteiger partial charge >= 0.3 is 0 Å². The largest absolute Gasteiger partial charge is 0.356 e. The van der Waals surface area contributed by atoms with Crippen LogP contribution in [0, 0.1) is 0 Å². The molecule has 0 spiro atoms. The number of hydrogen-bond donors (Lipinski definition) is 1. The van der Waals surface area contributed by atoms with Crippen LogP contribution in [0.25, 0.3) is 11.1 Å². The lowest BCUT2D eigenvalue weighted by Gasteiger charge is -2.22. The number of anilines is 2. The Labute approximate surface area is 207 Å². The number of nitrogens with one attached hydrogen (secondary N) is 1. The molecule has 0 amide bonds. The minimum absolute atomic E-state index is 0.0428. The van der Waals surface area contributed by atoms with Crippen molar-refractivity contribution < 1.29 is 0 Å². The van der Waals surface area contributed by atoms with E-state index in [1.165, 1.54) is 110 Å². The van der Waals surface area contributed by atoms with Gasteiger partial charge < -0.3 is 5.32 Å². The zero-order valence-electron chi connectivity index (χ0n) is 21.2. The van der Waals surface area contributed by atoms with Crippen LogP contribution < -0.4 is 5.32 Å². The summed E-state index contributed by atoms with van der Waals surface area (Å²) in [5.74, 6) is 0.729. The number of rotatable bonds is 3. The van der Waals surface area contributed by atoms with E-state index in [0.717, 1.165) is 5.92 Å². The van der Waals surface area contributed by atoms with Gasteiger partial charge in [0.05, 0.1) is 0 Å². The molecule has 0 heterocycles. The quantitative estimate of drug-likeness (QED) is 0.417. The Kier molecular flexibility index (Phi) is 7.09. The topological polar surface area (TPSA) is 12.0 Å². The molecule has 2 aliphatic rings. The molecule has 0 aliphatic heterocycles. The third-order valence-electron chi connectivity index (χ3n) is 8.36. The summed E-state index contributed by atoms with van der Waals surface area (Å²) in [6.45, 7) is 4.69. The van der Waals surface area contributed by atoms with Crippen LogP contribution in [0.4, 0.5) is 11.4 Å². The molecule has 0 atom stereocenters. The smallest absolute Gasteiger partial charge is 0.0387 e. The lowest BCUT2D eigenvalue weighted by Crippen LogP contribution is -2.15. The Bertz CT molecular complexity index is 1080. The van der Waals surface area contributed by atoms with Crippen LogP contribution in [0.5, 0.6) is 0 Å². The maximum Gasteiger partial charge on any atom is 0.0387 e. The van der Waals surface area contributed by atoms with Gasteiger partial charge in [0.2, 0.25) is 0 Å². The fourth-order valence-corrected chi connectivity index (χ4v) is 6.28. The molecule has 1 N–H and O–H groups in total. The van der Waals surface area contributed by atoms with Crippen LogP contribution in [0.15, 0.2) is 66.7 Å².